The Balaban J connectivity index is -0.000000271. The number of carbonyl (C=O) groups excluding carboxylic acids is 9. The molecule has 13 N–H and O–H groups in total. The number of hydrogen-bond donors (Lipinski definition) is 8. The van der Waals surface area contributed by atoms with Gasteiger partial charge in [-0.05, 0) is 113 Å². The minimum absolute atomic E-state index is 0. The van der Waals surface area contributed by atoms with Gasteiger partial charge in [0, 0.05) is 57.0 Å². The average Bonchev–Trinajstić information content (AvgIpc) is 1.65. The second-order valence-corrected chi connectivity index (χ2v) is 28.8. The molecule has 1 radical (unpaired) electrons. The smallest absolute Gasteiger partial charge is 0.587 e. The number of benzene rings is 4. The van der Waals surface area contributed by atoms with Crippen molar-refractivity contribution < 1.29 is 252 Å². The normalized spacial score (nSPS) is 11.8. The molecule has 45 heteroatoms. The summed E-state index contributed by atoms with van der Waals surface area (Å²) in [6.07, 6.45) is 0.714. The van der Waals surface area contributed by atoms with E-state index in [9.17, 15) is 56.0 Å². The van der Waals surface area contributed by atoms with Gasteiger partial charge in [-0.1, -0.05) is 66.2 Å². The predicted octanol–water partition coefficient (Wildman–Crippen LogP) is 0.0620. The first-order valence-electron chi connectivity index (χ1n) is 39.7. The number of ether oxygens (including phenoxy) is 15. The predicted molar refractivity (Wildman–Crippen MR) is 459 cm³/mol. The maximum atomic E-state index is 12.2. The Hall–Kier alpha value is -6.17. The zero-order valence-electron chi connectivity index (χ0n) is 76.9. The number of rotatable bonds is 47. The van der Waals surface area contributed by atoms with Crippen LogP contribution in [-0.4, -0.2) is 355 Å². The van der Waals surface area contributed by atoms with Crippen molar-refractivity contribution in [1.82, 2.24) is 9.80 Å². The number of nitrogens with two attached hydrogens (primary N) is 3. The SMILES string of the molecule is CC(C)(C)OC(=O)C=[N+]=[N-].CC(C)(C)OC(=O)COCCOCCOCCN.CC(C)(C)OC(=O)COCCOCCOCCN1C(=O)c2ccccc2C1=O.CCO.Cc1ccc(S(=O)(=O)OCCOCCOCCO)cc1.NN.O.O=C1[N-]C(=O)c2ccccc21.O=C1c2ccccc2C(=O)N1CCOCCOCCO.OCCOCCOCCO.[2H]CF.[CH3-].[K+].[Y]. The summed E-state index contributed by atoms with van der Waals surface area (Å²) < 4.78 is 120. The van der Waals surface area contributed by atoms with E-state index in [1.165, 1.54) is 21.9 Å². The number of hydrazine groups is 1. The topological polar surface area (TPSA) is 603 Å². The minimum atomic E-state index is -3.72. The summed E-state index contributed by atoms with van der Waals surface area (Å²) in [5, 5.41) is 44.4. The number of nitrogens with zero attached hydrogens (tertiary/aromatic N) is 5. The zero-order valence-corrected chi connectivity index (χ0v) is 82.7. The molecule has 41 nitrogen and oxygen atoms in total. The number of alkyl halides is 1. The molecule has 128 heavy (non-hydrogen) atoms. The Morgan fingerprint density at radius 3 is 0.977 bits per heavy atom. The van der Waals surface area contributed by atoms with Crippen LogP contribution in [0.25, 0.3) is 10.8 Å². The standard InChI is InChI=1S/C20H27NO7.C14H17NO5.C13H20O6S.C12H25NO5.C8H5NO2.C6H10N2O2.C6H14O4.C2H6O.CH3F.CH3.K.H4N2.H2O.Y/c1-20(2,3)28-17(22)14-27-13-12-26-11-10-25-9-8-21-18(23)15-6-4-5-7-16(15)19(21)24;16-6-8-20-10-9-19-7-5-15-13(17)11-3-1-2-4-12(11)14(15)18;1-12-2-4-13(5-3-12)20(15,16)19-11-10-18-9-8-17-7-6-14;1-12(2,3)18-11(14)10-17-9-8-16-7-6-15-5-4-13;10-7-5-3-1-2-4-6(5)8(11)9-7;1-6(2,3)10-5(9)4-8-7;7-1-3-9-5-6-10-4-2-8;1-2-3;1-2;;;1-2;;/h4-7H,8-14H2,1-3H3;1-4,16H,5-10H2;2-5,14H,6-11H2,1H3;4-10,13H2,1-3H3;1-4H,(H,9,10,11);4H,1-3H3;7-8H,1-6H2;3H,2H2,1H3;1H3;1H3;;1-2H2;1H2;/q;;;;;;;;;-1;+1;;;/p-1/i;;;;;;;;1D;;;;;. The van der Waals surface area contributed by atoms with Gasteiger partial charge in [-0.15, -0.1) is 0 Å². The third kappa shape index (κ3) is 69.7. The van der Waals surface area contributed by atoms with Gasteiger partial charge in [-0.3, -0.25) is 49.2 Å². The molecule has 0 spiro atoms. The van der Waals surface area contributed by atoms with E-state index in [4.69, 9.17) is 113 Å². The monoisotopic (exact) mass is 1950 g/mol. The molecule has 0 aromatic heterocycles. The number of aliphatic hydroxyl groups is 5. The molecule has 4 aromatic rings. The van der Waals surface area contributed by atoms with E-state index in [-0.39, 0.29) is 237 Å². The van der Waals surface area contributed by atoms with Gasteiger partial charge in [0.25, 0.3) is 33.7 Å². The van der Waals surface area contributed by atoms with Crippen LogP contribution in [0.2, 0.25) is 0 Å². The van der Waals surface area contributed by atoms with Crippen molar-refractivity contribution in [2.45, 2.75) is 97.9 Å². The van der Waals surface area contributed by atoms with Crippen molar-refractivity contribution in [2.24, 2.45) is 17.4 Å². The molecule has 0 fully saturated rings. The fourth-order valence-electron chi connectivity index (χ4n) is 8.86. The first kappa shape index (κ1) is 133. The van der Waals surface area contributed by atoms with E-state index in [1.54, 1.807) is 133 Å². The molecule has 3 heterocycles. The fraction of sp³-hybridized carbons (Fsp3) is 0.578. The summed E-state index contributed by atoms with van der Waals surface area (Å²) in [6, 6.07) is 26.6. The fourth-order valence-corrected chi connectivity index (χ4v) is 9.75. The maximum absolute atomic E-state index is 12.2. The van der Waals surface area contributed by atoms with Gasteiger partial charge in [0.2, 0.25) is 0 Å². The molecule has 4 aromatic carbocycles. The molecule has 0 unspecified atom stereocenters. The number of esters is 3. The van der Waals surface area contributed by atoms with E-state index in [1.807, 2.05) is 27.7 Å². The van der Waals surface area contributed by atoms with Crippen molar-refractivity contribution in [1.29, 1.82) is 0 Å². The van der Waals surface area contributed by atoms with Crippen LogP contribution in [0, 0.1) is 14.4 Å². The van der Waals surface area contributed by atoms with Crippen LogP contribution in [0.1, 0.15) is 138 Å². The zero-order chi connectivity index (χ0) is 94.8. The Morgan fingerprint density at radius 2 is 0.711 bits per heavy atom. The minimum Gasteiger partial charge on any atom is -0.587 e. The Labute approximate surface area is 819 Å². The number of halogens is 1. The number of aliphatic hydroxyl groups excluding tert-OH is 5. The van der Waals surface area contributed by atoms with Crippen LogP contribution in [0.4, 0.5) is 4.39 Å². The quantitative estimate of drug-likeness (QED) is 0.00236. The molecule has 0 saturated heterocycles. The van der Waals surface area contributed by atoms with Gasteiger partial charge < -0.3 is 136 Å². The van der Waals surface area contributed by atoms with E-state index in [2.05, 4.69) is 21.8 Å². The molecule has 723 valence electrons. The van der Waals surface area contributed by atoms with Crippen molar-refractivity contribution in [2.75, 3.05) is 225 Å². The molecule has 6 amide bonds. The van der Waals surface area contributed by atoms with Crippen LogP contribution in [0.5, 0.6) is 0 Å². The average molecular weight is 1950 g/mol. The van der Waals surface area contributed by atoms with Crippen molar-refractivity contribution in [3.63, 3.8) is 0 Å². The molecule has 0 bridgehead atoms. The van der Waals surface area contributed by atoms with E-state index < -0.39 is 57.8 Å². The van der Waals surface area contributed by atoms with Gasteiger partial charge in [-0.2, -0.15) is 13.2 Å². The van der Waals surface area contributed by atoms with Crippen LogP contribution >= 0.6 is 0 Å². The summed E-state index contributed by atoms with van der Waals surface area (Å²) in [5.41, 5.74) is 15.2. The number of hydrogen-bond acceptors (Lipinski definition) is 35. The van der Waals surface area contributed by atoms with Crippen molar-refractivity contribution in [3.05, 3.63) is 154 Å². The van der Waals surface area contributed by atoms with Crippen LogP contribution in [0.3, 0.4) is 0 Å². The molecular weight excluding hydrogens is 1820 g/mol. The van der Waals surface area contributed by atoms with Gasteiger partial charge in [-0.25, -0.2) is 14.4 Å². The van der Waals surface area contributed by atoms with E-state index in [0.29, 0.717) is 152 Å². The second kappa shape index (κ2) is 85.0. The third-order valence-electron chi connectivity index (χ3n) is 13.7. The van der Waals surface area contributed by atoms with Crippen molar-refractivity contribution in [3.8, 4) is 0 Å². The number of amides is 6. The number of carbonyl (C=O) groups is 9. The summed E-state index contributed by atoms with van der Waals surface area (Å²) in [7, 11) is -4.72. The summed E-state index contributed by atoms with van der Waals surface area (Å²) in [6.45, 7) is 28.5. The van der Waals surface area contributed by atoms with Crippen LogP contribution < -0.4 is 68.8 Å². The first-order chi connectivity index (χ1) is 59.5. The Bertz CT molecular complexity index is 3670. The number of aryl methyl sites for hydroxylation is 1. The molecular formula is C83H135FKN8O33SY-. The third-order valence-corrected chi connectivity index (χ3v) is 15.0. The number of imide groups is 3. The van der Waals surface area contributed by atoms with Crippen LogP contribution in [-0.2, 0) is 132 Å². The maximum Gasteiger partial charge on any atom is 1.00 e. The summed E-state index contributed by atoms with van der Waals surface area (Å²) in [4.78, 5) is 108. The van der Waals surface area contributed by atoms with Gasteiger partial charge in [0.05, 0.1) is 239 Å². The second-order valence-electron chi connectivity index (χ2n) is 27.2. The summed E-state index contributed by atoms with van der Waals surface area (Å²) in [5.74, 6) is 4.60. The molecule has 7 rings (SSSR count). The van der Waals surface area contributed by atoms with Gasteiger partial charge in [0.1, 0.15) is 30.0 Å². The Morgan fingerprint density at radius 1 is 0.461 bits per heavy atom. The molecule has 0 aliphatic carbocycles. The molecule has 3 aliphatic heterocycles. The molecule has 3 aliphatic rings. The van der Waals surface area contributed by atoms with E-state index in [0.717, 1.165) is 5.56 Å². The van der Waals surface area contributed by atoms with Crippen molar-refractivity contribution >= 4 is 69.7 Å². The molecule has 0 saturated carbocycles. The van der Waals surface area contributed by atoms with Gasteiger partial charge in [0.15, 0.2) is 0 Å². The van der Waals surface area contributed by atoms with E-state index >= 15 is 0 Å². The molecule has 0 atom stereocenters. The van der Waals surface area contributed by atoms with Crippen LogP contribution in [0.15, 0.2) is 102 Å². The largest absolute Gasteiger partial charge is 1.00 e. The Kier molecular flexibility index (Phi) is 88.1. The van der Waals surface area contributed by atoms with Gasteiger partial charge >= 0.3 is 75.5 Å². The first-order valence-corrected chi connectivity index (χ1v) is 40.4. The summed E-state index contributed by atoms with van der Waals surface area (Å²) >= 11 is 0. The number of fused-ring (bicyclic) bond motifs is 3.